The number of amides is 1. The first-order chi connectivity index (χ1) is 8.11. The molecule has 0 aliphatic heterocycles. The quantitative estimate of drug-likeness (QED) is 0.848. The predicted octanol–water partition coefficient (Wildman–Crippen LogP) is 2.11. The SMILES string of the molecule is CCCN(CCN)C(=O)c1c(C)cccc1C. The molecule has 0 aliphatic carbocycles. The van der Waals surface area contributed by atoms with Crippen molar-refractivity contribution >= 4 is 5.91 Å². The smallest absolute Gasteiger partial charge is 0.254 e. The summed E-state index contributed by atoms with van der Waals surface area (Å²) in [5.74, 6) is 0.105. The van der Waals surface area contributed by atoms with Gasteiger partial charge in [-0.3, -0.25) is 4.79 Å². The Morgan fingerprint density at radius 2 is 1.82 bits per heavy atom. The van der Waals surface area contributed by atoms with Crippen molar-refractivity contribution < 1.29 is 4.79 Å². The maximum absolute atomic E-state index is 12.4. The monoisotopic (exact) mass is 234 g/mol. The average Bonchev–Trinajstić information content (AvgIpc) is 2.28. The van der Waals surface area contributed by atoms with Gasteiger partial charge >= 0.3 is 0 Å². The van der Waals surface area contributed by atoms with Crippen molar-refractivity contribution in [2.75, 3.05) is 19.6 Å². The molecule has 0 saturated carbocycles. The number of hydrogen-bond donors (Lipinski definition) is 1. The van der Waals surface area contributed by atoms with Gasteiger partial charge in [-0.15, -0.1) is 0 Å². The van der Waals surface area contributed by atoms with Gasteiger partial charge in [0.25, 0.3) is 5.91 Å². The summed E-state index contributed by atoms with van der Waals surface area (Å²) in [6, 6.07) is 5.94. The second-order valence-electron chi connectivity index (χ2n) is 4.35. The van der Waals surface area contributed by atoms with Crippen LogP contribution < -0.4 is 5.73 Å². The summed E-state index contributed by atoms with van der Waals surface area (Å²) < 4.78 is 0. The van der Waals surface area contributed by atoms with Gasteiger partial charge < -0.3 is 10.6 Å². The molecule has 0 bridgehead atoms. The highest BCUT2D eigenvalue weighted by Crippen LogP contribution is 2.15. The van der Waals surface area contributed by atoms with Crippen LogP contribution in [0.2, 0.25) is 0 Å². The number of rotatable bonds is 5. The maximum Gasteiger partial charge on any atom is 0.254 e. The van der Waals surface area contributed by atoms with E-state index in [4.69, 9.17) is 5.73 Å². The third-order valence-electron chi connectivity index (χ3n) is 2.87. The van der Waals surface area contributed by atoms with E-state index < -0.39 is 0 Å². The minimum absolute atomic E-state index is 0.105. The standard InChI is InChI=1S/C14H22N2O/c1-4-9-16(10-8-15)14(17)13-11(2)6-5-7-12(13)3/h5-7H,4,8-10,15H2,1-3H3. The van der Waals surface area contributed by atoms with Crippen molar-refractivity contribution in [2.24, 2.45) is 5.73 Å². The van der Waals surface area contributed by atoms with E-state index in [1.165, 1.54) is 0 Å². The van der Waals surface area contributed by atoms with Crippen LogP contribution in [0.15, 0.2) is 18.2 Å². The van der Waals surface area contributed by atoms with E-state index in [0.29, 0.717) is 13.1 Å². The van der Waals surface area contributed by atoms with Crippen LogP contribution in [0.5, 0.6) is 0 Å². The number of carbonyl (C=O) groups is 1. The maximum atomic E-state index is 12.4. The van der Waals surface area contributed by atoms with Crippen LogP contribution in [-0.4, -0.2) is 30.4 Å². The van der Waals surface area contributed by atoms with Crippen molar-refractivity contribution in [1.29, 1.82) is 0 Å². The Balaban J connectivity index is 3.00. The minimum atomic E-state index is 0.105. The number of hydrogen-bond acceptors (Lipinski definition) is 2. The second kappa shape index (κ2) is 6.40. The fourth-order valence-electron chi connectivity index (χ4n) is 2.05. The zero-order valence-corrected chi connectivity index (χ0v) is 11.0. The highest BCUT2D eigenvalue weighted by molar-refractivity contribution is 5.97. The number of nitrogens with zero attached hydrogens (tertiary/aromatic N) is 1. The zero-order valence-electron chi connectivity index (χ0n) is 11.0. The number of aryl methyl sites for hydroxylation is 2. The van der Waals surface area contributed by atoms with Crippen LogP contribution in [-0.2, 0) is 0 Å². The number of carbonyl (C=O) groups excluding carboxylic acids is 1. The number of nitrogens with two attached hydrogens (primary N) is 1. The molecule has 1 aromatic rings. The normalized spacial score (nSPS) is 10.4. The van der Waals surface area contributed by atoms with Crippen molar-refractivity contribution in [3.05, 3.63) is 34.9 Å². The fraction of sp³-hybridized carbons (Fsp3) is 0.500. The highest BCUT2D eigenvalue weighted by atomic mass is 16.2. The zero-order chi connectivity index (χ0) is 12.8. The van der Waals surface area contributed by atoms with E-state index in [-0.39, 0.29) is 5.91 Å². The Morgan fingerprint density at radius 3 is 2.29 bits per heavy atom. The van der Waals surface area contributed by atoms with E-state index in [1.54, 1.807) is 0 Å². The minimum Gasteiger partial charge on any atom is -0.337 e. The summed E-state index contributed by atoms with van der Waals surface area (Å²) in [6.45, 7) is 7.93. The lowest BCUT2D eigenvalue weighted by Gasteiger charge is -2.23. The van der Waals surface area contributed by atoms with Crippen molar-refractivity contribution in [3.63, 3.8) is 0 Å². The third-order valence-corrected chi connectivity index (χ3v) is 2.87. The van der Waals surface area contributed by atoms with E-state index >= 15 is 0 Å². The van der Waals surface area contributed by atoms with Crippen LogP contribution in [0, 0.1) is 13.8 Å². The van der Waals surface area contributed by atoms with Gasteiger partial charge in [0.1, 0.15) is 0 Å². The van der Waals surface area contributed by atoms with Crippen LogP contribution >= 0.6 is 0 Å². The first kappa shape index (κ1) is 13.7. The summed E-state index contributed by atoms with van der Waals surface area (Å²) in [6.07, 6.45) is 0.955. The van der Waals surface area contributed by atoms with E-state index in [2.05, 4.69) is 6.92 Å². The lowest BCUT2D eigenvalue weighted by atomic mass is 10.0. The van der Waals surface area contributed by atoms with E-state index in [0.717, 1.165) is 29.7 Å². The molecule has 0 heterocycles. The molecule has 3 nitrogen and oxygen atoms in total. The van der Waals surface area contributed by atoms with Crippen LogP contribution in [0.25, 0.3) is 0 Å². The third kappa shape index (κ3) is 3.30. The molecule has 0 radical (unpaired) electrons. The van der Waals surface area contributed by atoms with Gasteiger partial charge in [0.05, 0.1) is 0 Å². The lowest BCUT2D eigenvalue weighted by molar-refractivity contribution is 0.0759. The van der Waals surface area contributed by atoms with Crippen molar-refractivity contribution in [2.45, 2.75) is 27.2 Å². The first-order valence-corrected chi connectivity index (χ1v) is 6.17. The molecule has 0 spiro atoms. The predicted molar refractivity (Wildman–Crippen MR) is 71.2 cm³/mol. The molecule has 1 aromatic carbocycles. The van der Waals surface area contributed by atoms with Crippen molar-refractivity contribution in [3.8, 4) is 0 Å². The molecule has 2 N–H and O–H groups in total. The van der Waals surface area contributed by atoms with Crippen molar-refractivity contribution in [1.82, 2.24) is 4.90 Å². The van der Waals surface area contributed by atoms with Crippen LogP contribution in [0.4, 0.5) is 0 Å². The topological polar surface area (TPSA) is 46.3 Å². The Bertz CT molecular complexity index is 362. The lowest BCUT2D eigenvalue weighted by Crippen LogP contribution is -2.36. The van der Waals surface area contributed by atoms with Gasteiger partial charge in [0.2, 0.25) is 0 Å². The van der Waals surface area contributed by atoms with E-state index in [9.17, 15) is 4.79 Å². The van der Waals surface area contributed by atoms with E-state index in [1.807, 2.05) is 36.9 Å². The van der Waals surface area contributed by atoms with Gasteiger partial charge in [-0.2, -0.15) is 0 Å². The van der Waals surface area contributed by atoms with Gasteiger partial charge in [0.15, 0.2) is 0 Å². The second-order valence-corrected chi connectivity index (χ2v) is 4.35. The van der Waals surface area contributed by atoms with Gasteiger partial charge in [-0.25, -0.2) is 0 Å². The molecule has 17 heavy (non-hydrogen) atoms. The highest BCUT2D eigenvalue weighted by Gasteiger charge is 2.17. The molecule has 94 valence electrons. The summed E-state index contributed by atoms with van der Waals surface area (Å²) in [7, 11) is 0. The van der Waals surface area contributed by atoms with Crippen LogP contribution in [0.1, 0.15) is 34.8 Å². The largest absolute Gasteiger partial charge is 0.337 e. The molecular formula is C14H22N2O. The average molecular weight is 234 g/mol. The molecule has 1 rings (SSSR count). The molecule has 0 unspecified atom stereocenters. The molecule has 0 aliphatic rings. The molecule has 0 atom stereocenters. The summed E-state index contributed by atoms with van der Waals surface area (Å²) >= 11 is 0. The Morgan fingerprint density at radius 1 is 1.24 bits per heavy atom. The molecule has 3 heteroatoms. The summed E-state index contributed by atoms with van der Waals surface area (Å²) in [4.78, 5) is 14.3. The molecule has 0 fully saturated rings. The van der Waals surface area contributed by atoms with Gasteiger partial charge in [-0.05, 0) is 31.4 Å². The molecule has 0 aromatic heterocycles. The Hall–Kier alpha value is -1.35. The fourth-order valence-corrected chi connectivity index (χ4v) is 2.05. The van der Waals surface area contributed by atoms with Crippen LogP contribution in [0.3, 0.4) is 0 Å². The first-order valence-electron chi connectivity index (χ1n) is 6.17. The Kier molecular flexibility index (Phi) is 5.16. The Labute approximate surface area is 104 Å². The van der Waals surface area contributed by atoms with Gasteiger partial charge in [0, 0.05) is 25.2 Å². The molecule has 0 saturated heterocycles. The molecular weight excluding hydrogens is 212 g/mol. The molecule has 1 amide bonds. The number of benzene rings is 1. The van der Waals surface area contributed by atoms with Gasteiger partial charge in [-0.1, -0.05) is 25.1 Å². The summed E-state index contributed by atoms with van der Waals surface area (Å²) in [5, 5.41) is 0. The summed E-state index contributed by atoms with van der Waals surface area (Å²) in [5.41, 5.74) is 8.46.